The quantitative estimate of drug-likeness (QED) is 0.781. The van der Waals surface area contributed by atoms with E-state index in [1.807, 2.05) is 31.2 Å². The van der Waals surface area contributed by atoms with Crippen LogP contribution in [0.25, 0.3) is 0 Å². The van der Waals surface area contributed by atoms with Crippen LogP contribution in [0.2, 0.25) is 0 Å². The molecule has 106 valence electrons. The molecule has 0 saturated carbocycles. The van der Waals surface area contributed by atoms with Crippen LogP contribution in [0.15, 0.2) is 37.8 Å². The first kappa shape index (κ1) is 15.1. The van der Waals surface area contributed by atoms with Crippen molar-refractivity contribution in [3.05, 3.63) is 44.7 Å². The summed E-state index contributed by atoms with van der Waals surface area (Å²) >= 11 is 6.69. The number of carbonyl (C=O) groups is 1. The highest BCUT2D eigenvalue weighted by Crippen LogP contribution is 2.28. The highest BCUT2D eigenvalue weighted by atomic mass is 79.9. The van der Waals surface area contributed by atoms with Gasteiger partial charge in [0.05, 0.1) is 11.0 Å². The van der Waals surface area contributed by atoms with Crippen LogP contribution in [0.3, 0.4) is 0 Å². The predicted octanol–water partition coefficient (Wildman–Crippen LogP) is 4.68. The first-order valence-corrected chi connectivity index (χ1v) is 7.60. The Kier molecular flexibility index (Phi) is 4.88. The fourth-order valence-electron chi connectivity index (χ4n) is 1.75. The molecule has 1 amide bonds. The second-order valence-electron chi connectivity index (χ2n) is 4.40. The molecule has 0 bridgehead atoms. The van der Waals surface area contributed by atoms with Crippen LogP contribution < -0.4 is 10.6 Å². The second kappa shape index (κ2) is 6.45. The molecule has 4 nitrogen and oxygen atoms in total. The van der Waals surface area contributed by atoms with Gasteiger partial charge in [0.15, 0.2) is 4.67 Å². The molecule has 1 heterocycles. The van der Waals surface area contributed by atoms with E-state index in [0.29, 0.717) is 11.2 Å². The van der Waals surface area contributed by atoms with Crippen molar-refractivity contribution < 1.29 is 9.21 Å². The van der Waals surface area contributed by atoms with Gasteiger partial charge in [-0.25, -0.2) is 0 Å². The summed E-state index contributed by atoms with van der Waals surface area (Å²) in [5.74, 6) is 0.728. The molecular formula is C14H14Br2N2O2. The Balaban J connectivity index is 2.10. The van der Waals surface area contributed by atoms with Crippen molar-refractivity contribution in [2.75, 3.05) is 10.6 Å². The third-order valence-electron chi connectivity index (χ3n) is 2.71. The molecule has 20 heavy (non-hydrogen) atoms. The lowest BCUT2D eigenvalue weighted by molar-refractivity contribution is -0.114. The molecule has 0 saturated heterocycles. The first-order chi connectivity index (χ1) is 9.45. The Morgan fingerprint density at radius 1 is 1.30 bits per heavy atom. The summed E-state index contributed by atoms with van der Waals surface area (Å²) in [4.78, 5) is 11.1. The first-order valence-electron chi connectivity index (χ1n) is 6.01. The summed E-state index contributed by atoms with van der Waals surface area (Å²) < 4.78 is 7.07. The van der Waals surface area contributed by atoms with Gasteiger partial charge in [0.2, 0.25) is 5.91 Å². The average molecular weight is 402 g/mol. The smallest absolute Gasteiger partial charge is 0.221 e. The van der Waals surface area contributed by atoms with Gasteiger partial charge in [-0.15, -0.1) is 0 Å². The van der Waals surface area contributed by atoms with Gasteiger partial charge in [-0.3, -0.25) is 4.79 Å². The van der Waals surface area contributed by atoms with Crippen molar-refractivity contribution in [3.8, 4) is 0 Å². The fraction of sp³-hybridized carbons (Fsp3) is 0.214. The van der Waals surface area contributed by atoms with Crippen LogP contribution in [0.4, 0.5) is 11.4 Å². The lowest BCUT2D eigenvalue weighted by atomic mass is 10.1. The summed E-state index contributed by atoms with van der Waals surface area (Å²) in [6.07, 6.45) is 0. The summed E-state index contributed by atoms with van der Waals surface area (Å²) in [6, 6.07) is 7.65. The largest absolute Gasteiger partial charge is 0.451 e. The summed E-state index contributed by atoms with van der Waals surface area (Å²) in [7, 11) is 0. The Labute approximate surface area is 134 Å². The van der Waals surface area contributed by atoms with Crippen molar-refractivity contribution in [2.45, 2.75) is 20.4 Å². The minimum atomic E-state index is -0.0845. The van der Waals surface area contributed by atoms with Crippen LogP contribution in [-0.2, 0) is 11.3 Å². The number of aryl methyl sites for hydroxylation is 1. The summed E-state index contributed by atoms with van der Waals surface area (Å²) in [5, 5.41) is 6.06. The number of benzene rings is 1. The maximum atomic E-state index is 11.1. The van der Waals surface area contributed by atoms with Crippen LogP contribution in [0.5, 0.6) is 0 Å². The Bertz CT molecular complexity index is 619. The maximum Gasteiger partial charge on any atom is 0.221 e. The van der Waals surface area contributed by atoms with E-state index < -0.39 is 0 Å². The number of hydrogen-bond donors (Lipinski definition) is 2. The Morgan fingerprint density at radius 2 is 2.05 bits per heavy atom. The zero-order chi connectivity index (χ0) is 14.7. The van der Waals surface area contributed by atoms with Gasteiger partial charge in [-0.2, -0.15) is 0 Å². The van der Waals surface area contributed by atoms with Crippen LogP contribution in [0.1, 0.15) is 18.2 Å². The third-order valence-corrected chi connectivity index (χ3v) is 4.42. The molecule has 0 aliphatic rings. The second-order valence-corrected chi connectivity index (χ2v) is 5.97. The molecule has 2 rings (SSSR count). The van der Waals surface area contributed by atoms with Crippen molar-refractivity contribution in [3.63, 3.8) is 0 Å². The van der Waals surface area contributed by atoms with Gasteiger partial charge >= 0.3 is 0 Å². The molecule has 6 heteroatoms. The Hall–Kier alpha value is -1.27. The SMILES string of the molecule is CC(=O)Nc1ccc(C)c(NCc2cc(Br)c(Br)o2)c1. The van der Waals surface area contributed by atoms with Crippen LogP contribution in [-0.4, -0.2) is 5.91 Å². The molecule has 0 fully saturated rings. The number of carbonyl (C=O) groups excluding carboxylic acids is 1. The van der Waals surface area contributed by atoms with Gasteiger partial charge in [-0.1, -0.05) is 6.07 Å². The molecule has 2 N–H and O–H groups in total. The minimum absolute atomic E-state index is 0.0845. The molecule has 0 atom stereocenters. The summed E-state index contributed by atoms with van der Waals surface area (Å²) in [5.41, 5.74) is 2.83. The Morgan fingerprint density at radius 3 is 2.65 bits per heavy atom. The van der Waals surface area contributed by atoms with Gasteiger partial charge < -0.3 is 15.1 Å². The van der Waals surface area contributed by atoms with E-state index in [2.05, 4.69) is 42.5 Å². The number of rotatable bonds is 4. The van der Waals surface area contributed by atoms with E-state index in [4.69, 9.17) is 4.42 Å². The molecule has 1 aromatic heterocycles. The predicted molar refractivity (Wildman–Crippen MR) is 86.9 cm³/mol. The monoisotopic (exact) mass is 400 g/mol. The van der Waals surface area contributed by atoms with Crippen LogP contribution in [0, 0.1) is 6.92 Å². The lowest BCUT2D eigenvalue weighted by Gasteiger charge is -2.11. The maximum absolute atomic E-state index is 11.1. The molecule has 0 unspecified atom stereocenters. The lowest BCUT2D eigenvalue weighted by Crippen LogP contribution is -2.07. The van der Waals surface area contributed by atoms with E-state index in [-0.39, 0.29) is 5.91 Å². The molecule has 0 aliphatic heterocycles. The topological polar surface area (TPSA) is 54.3 Å². The molecule has 0 aliphatic carbocycles. The van der Waals surface area contributed by atoms with Gasteiger partial charge in [0, 0.05) is 18.3 Å². The van der Waals surface area contributed by atoms with Crippen molar-refractivity contribution in [2.24, 2.45) is 0 Å². The highest BCUT2D eigenvalue weighted by Gasteiger charge is 2.07. The van der Waals surface area contributed by atoms with Crippen molar-refractivity contribution in [1.29, 1.82) is 0 Å². The van der Waals surface area contributed by atoms with Gasteiger partial charge in [-0.05, 0) is 62.5 Å². The van der Waals surface area contributed by atoms with E-state index in [0.717, 1.165) is 27.2 Å². The standard InChI is InChI=1S/C14H14Br2N2O2/c1-8-3-4-10(18-9(2)19)5-13(8)17-7-11-6-12(15)14(16)20-11/h3-6,17H,7H2,1-2H3,(H,18,19). The highest BCUT2D eigenvalue weighted by molar-refractivity contribution is 9.13. The summed E-state index contributed by atoms with van der Waals surface area (Å²) in [6.45, 7) is 4.06. The number of amides is 1. The number of halogens is 2. The van der Waals surface area contributed by atoms with Gasteiger partial charge in [0.25, 0.3) is 0 Å². The van der Waals surface area contributed by atoms with Crippen LogP contribution >= 0.6 is 31.9 Å². The number of nitrogens with one attached hydrogen (secondary N) is 2. The zero-order valence-electron chi connectivity index (χ0n) is 11.1. The number of anilines is 2. The molecule has 1 aromatic carbocycles. The molecular weight excluding hydrogens is 388 g/mol. The van der Waals surface area contributed by atoms with Crippen molar-refractivity contribution >= 4 is 49.1 Å². The fourth-order valence-corrected chi connectivity index (χ4v) is 2.41. The third kappa shape index (κ3) is 3.86. The zero-order valence-corrected chi connectivity index (χ0v) is 14.3. The normalized spacial score (nSPS) is 10.4. The van der Waals surface area contributed by atoms with E-state index >= 15 is 0 Å². The number of furan rings is 1. The minimum Gasteiger partial charge on any atom is -0.451 e. The molecule has 2 aromatic rings. The molecule has 0 radical (unpaired) electrons. The number of hydrogen-bond acceptors (Lipinski definition) is 3. The van der Waals surface area contributed by atoms with E-state index in [1.54, 1.807) is 0 Å². The average Bonchev–Trinajstić information content (AvgIpc) is 2.69. The van der Waals surface area contributed by atoms with E-state index in [1.165, 1.54) is 6.92 Å². The van der Waals surface area contributed by atoms with E-state index in [9.17, 15) is 4.79 Å². The molecule has 0 spiro atoms. The van der Waals surface area contributed by atoms with Crippen molar-refractivity contribution in [1.82, 2.24) is 0 Å². The van der Waals surface area contributed by atoms with Gasteiger partial charge in [0.1, 0.15) is 5.76 Å².